The Morgan fingerprint density at radius 1 is 1.19 bits per heavy atom. The van der Waals surface area contributed by atoms with E-state index in [4.69, 9.17) is 5.11 Å². The molecule has 1 fully saturated rings. The summed E-state index contributed by atoms with van der Waals surface area (Å²) in [5.41, 5.74) is 1.12. The van der Waals surface area contributed by atoms with Gasteiger partial charge < -0.3 is 15.7 Å². The monoisotopic (exact) mass is 290 g/mol. The second-order valence-electron chi connectivity index (χ2n) is 5.38. The van der Waals surface area contributed by atoms with Crippen LogP contribution in [0.1, 0.15) is 42.5 Å². The van der Waals surface area contributed by atoms with Crippen molar-refractivity contribution in [1.82, 2.24) is 5.32 Å². The first-order valence-corrected chi connectivity index (χ1v) is 7.50. The molecule has 3 N–H and O–H groups in total. The minimum absolute atomic E-state index is 0.0441. The molecule has 0 heterocycles. The van der Waals surface area contributed by atoms with Crippen molar-refractivity contribution in [2.24, 2.45) is 5.92 Å². The van der Waals surface area contributed by atoms with Crippen LogP contribution in [0.25, 0.3) is 0 Å². The zero-order valence-electron chi connectivity index (χ0n) is 12.1. The fourth-order valence-corrected chi connectivity index (χ4v) is 2.62. The molecule has 1 aromatic rings. The van der Waals surface area contributed by atoms with E-state index in [-0.39, 0.29) is 30.9 Å². The van der Waals surface area contributed by atoms with Gasteiger partial charge in [-0.15, -0.1) is 0 Å². The van der Waals surface area contributed by atoms with Crippen molar-refractivity contribution in [1.29, 1.82) is 0 Å². The quantitative estimate of drug-likeness (QED) is 0.775. The van der Waals surface area contributed by atoms with Gasteiger partial charge in [-0.25, -0.2) is 0 Å². The van der Waals surface area contributed by atoms with E-state index in [0.29, 0.717) is 11.3 Å². The lowest BCUT2D eigenvalue weighted by molar-refractivity contribution is -0.120. The van der Waals surface area contributed by atoms with Crippen LogP contribution in [0.5, 0.6) is 0 Å². The number of carbonyl (C=O) groups is 2. The molecule has 5 nitrogen and oxygen atoms in total. The highest BCUT2D eigenvalue weighted by Crippen LogP contribution is 2.25. The van der Waals surface area contributed by atoms with E-state index in [1.54, 1.807) is 24.3 Å². The highest BCUT2D eigenvalue weighted by molar-refractivity contribution is 5.97. The number of benzene rings is 1. The van der Waals surface area contributed by atoms with E-state index < -0.39 is 0 Å². The largest absolute Gasteiger partial charge is 0.395 e. The van der Waals surface area contributed by atoms with Crippen LogP contribution in [-0.4, -0.2) is 30.1 Å². The Kier molecular flexibility index (Phi) is 5.75. The molecule has 1 aliphatic carbocycles. The first-order chi connectivity index (χ1) is 10.2. The summed E-state index contributed by atoms with van der Waals surface area (Å²) < 4.78 is 0. The van der Waals surface area contributed by atoms with E-state index in [0.717, 1.165) is 25.7 Å². The molecule has 2 rings (SSSR count). The molecule has 0 aliphatic heterocycles. The minimum Gasteiger partial charge on any atom is -0.395 e. The predicted molar refractivity (Wildman–Crippen MR) is 81.1 cm³/mol. The molecular weight excluding hydrogens is 268 g/mol. The Bertz CT molecular complexity index is 496. The third-order valence-electron chi connectivity index (χ3n) is 3.77. The molecule has 114 valence electrons. The Labute approximate surface area is 124 Å². The summed E-state index contributed by atoms with van der Waals surface area (Å²) in [4.78, 5) is 24.0. The van der Waals surface area contributed by atoms with E-state index in [2.05, 4.69) is 10.6 Å². The summed E-state index contributed by atoms with van der Waals surface area (Å²) in [7, 11) is 0. The average molecular weight is 290 g/mol. The maximum atomic E-state index is 12.2. The normalized spacial score (nSPS) is 15.5. The molecular formula is C16H22N2O3. The van der Waals surface area contributed by atoms with Gasteiger partial charge in [0, 0.05) is 23.7 Å². The van der Waals surface area contributed by atoms with E-state index in [1.807, 2.05) is 0 Å². The van der Waals surface area contributed by atoms with Gasteiger partial charge in [-0.05, 0) is 31.0 Å². The van der Waals surface area contributed by atoms with Crippen LogP contribution in [-0.2, 0) is 4.79 Å². The van der Waals surface area contributed by atoms with Gasteiger partial charge in [-0.2, -0.15) is 0 Å². The highest BCUT2D eigenvalue weighted by Gasteiger charge is 2.21. The Balaban J connectivity index is 1.96. The third-order valence-corrected chi connectivity index (χ3v) is 3.77. The lowest BCUT2D eigenvalue weighted by Crippen LogP contribution is -2.27. The molecule has 0 atom stereocenters. The molecule has 21 heavy (non-hydrogen) atoms. The van der Waals surface area contributed by atoms with Crippen molar-refractivity contribution in [3.05, 3.63) is 29.8 Å². The lowest BCUT2D eigenvalue weighted by Gasteiger charge is -2.20. The number of aliphatic hydroxyl groups is 1. The zero-order valence-corrected chi connectivity index (χ0v) is 12.1. The second kappa shape index (κ2) is 7.78. The van der Waals surface area contributed by atoms with Gasteiger partial charge in [0.25, 0.3) is 5.91 Å². The topological polar surface area (TPSA) is 78.4 Å². The van der Waals surface area contributed by atoms with E-state index in [9.17, 15) is 9.59 Å². The van der Waals surface area contributed by atoms with E-state index in [1.165, 1.54) is 6.42 Å². The van der Waals surface area contributed by atoms with Crippen LogP contribution in [0.3, 0.4) is 0 Å². The van der Waals surface area contributed by atoms with Crippen LogP contribution < -0.4 is 10.6 Å². The standard InChI is InChI=1S/C16H22N2O3/c19-10-9-17-15(20)13-7-4-8-14(11-13)18-16(21)12-5-2-1-3-6-12/h4,7-8,11-12,19H,1-3,5-6,9-10H2,(H,17,20)(H,18,21). The van der Waals surface area contributed by atoms with Crippen LogP contribution in [0, 0.1) is 5.92 Å². The molecule has 1 aromatic carbocycles. The molecule has 1 saturated carbocycles. The maximum absolute atomic E-state index is 12.2. The van der Waals surface area contributed by atoms with Crippen LogP contribution in [0.4, 0.5) is 5.69 Å². The van der Waals surface area contributed by atoms with Crippen molar-refractivity contribution >= 4 is 17.5 Å². The molecule has 0 spiro atoms. The number of nitrogens with one attached hydrogen (secondary N) is 2. The van der Waals surface area contributed by atoms with Gasteiger partial charge in [0.2, 0.25) is 5.91 Å². The van der Waals surface area contributed by atoms with Gasteiger partial charge in [0.1, 0.15) is 0 Å². The minimum atomic E-state index is -0.252. The molecule has 1 aliphatic rings. The summed E-state index contributed by atoms with van der Waals surface area (Å²) in [5.74, 6) is -0.119. The fourth-order valence-electron chi connectivity index (χ4n) is 2.62. The molecule has 0 saturated heterocycles. The smallest absolute Gasteiger partial charge is 0.251 e. The van der Waals surface area contributed by atoms with Crippen LogP contribution in [0.2, 0.25) is 0 Å². The number of amides is 2. The van der Waals surface area contributed by atoms with Crippen molar-refractivity contribution < 1.29 is 14.7 Å². The van der Waals surface area contributed by atoms with Crippen molar-refractivity contribution in [3.63, 3.8) is 0 Å². The SMILES string of the molecule is O=C(NCCO)c1cccc(NC(=O)C2CCCCC2)c1. The first kappa shape index (κ1) is 15.5. The summed E-state index contributed by atoms with van der Waals surface area (Å²) >= 11 is 0. The molecule has 5 heteroatoms. The molecule has 0 aromatic heterocycles. The Morgan fingerprint density at radius 2 is 1.95 bits per heavy atom. The van der Waals surface area contributed by atoms with Crippen molar-refractivity contribution in [3.8, 4) is 0 Å². The number of carbonyl (C=O) groups excluding carboxylic acids is 2. The third kappa shape index (κ3) is 4.56. The number of anilines is 1. The summed E-state index contributed by atoms with van der Waals surface area (Å²) in [6.45, 7) is 0.126. The van der Waals surface area contributed by atoms with E-state index >= 15 is 0 Å². The Hall–Kier alpha value is -1.88. The second-order valence-corrected chi connectivity index (χ2v) is 5.38. The van der Waals surface area contributed by atoms with Crippen LogP contribution >= 0.6 is 0 Å². The molecule has 0 unspecified atom stereocenters. The lowest BCUT2D eigenvalue weighted by atomic mass is 9.88. The summed E-state index contributed by atoms with van der Waals surface area (Å²) in [6, 6.07) is 6.87. The van der Waals surface area contributed by atoms with Crippen molar-refractivity contribution in [2.75, 3.05) is 18.5 Å². The summed E-state index contributed by atoms with van der Waals surface area (Å²) in [6.07, 6.45) is 5.33. The first-order valence-electron chi connectivity index (χ1n) is 7.50. The van der Waals surface area contributed by atoms with Gasteiger partial charge in [-0.3, -0.25) is 9.59 Å². The number of hydrogen-bond acceptors (Lipinski definition) is 3. The molecule has 0 radical (unpaired) electrons. The Morgan fingerprint density at radius 3 is 2.67 bits per heavy atom. The molecule has 2 amide bonds. The van der Waals surface area contributed by atoms with Gasteiger partial charge in [0.15, 0.2) is 0 Å². The van der Waals surface area contributed by atoms with Gasteiger partial charge in [-0.1, -0.05) is 25.3 Å². The van der Waals surface area contributed by atoms with Gasteiger partial charge >= 0.3 is 0 Å². The number of aliphatic hydroxyl groups excluding tert-OH is 1. The zero-order chi connectivity index (χ0) is 15.1. The number of hydrogen-bond donors (Lipinski definition) is 3. The predicted octanol–water partition coefficient (Wildman–Crippen LogP) is 1.93. The number of rotatable bonds is 5. The molecule has 0 bridgehead atoms. The maximum Gasteiger partial charge on any atom is 0.251 e. The highest BCUT2D eigenvalue weighted by atomic mass is 16.3. The van der Waals surface area contributed by atoms with Crippen LogP contribution in [0.15, 0.2) is 24.3 Å². The average Bonchev–Trinajstić information content (AvgIpc) is 2.53. The fraction of sp³-hybridized carbons (Fsp3) is 0.500. The van der Waals surface area contributed by atoms with Crippen molar-refractivity contribution in [2.45, 2.75) is 32.1 Å². The van der Waals surface area contributed by atoms with Gasteiger partial charge in [0.05, 0.1) is 6.61 Å². The summed E-state index contributed by atoms with van der Waals surface area (Å²) in [5, 5.41) is 14.2.